The molecule has 1 unspecified atom stereocenters. The van der Waals surface area contributed by atoms with E-state index in [0.29, 0.717) is 27.4 Å². The quantitative estimate of drug-likeness (QED) is 0.0673. The van der Waals surface area contributed by atoms with Crippen LogP contribution in [0.5, 0.6) is 0 Å². The monoisotopic (exact) mass is 668 g/mol. The van der Waals surface area contributed by atoms with E-state index in [0.717, 1.165) is 47.4 Å². The molecule has 4 aromatic rings. The Morgan fingerprint density at radius 1 is 0.979 bits per heavy atom. The van der Waals surface area contributed by atoms with Gasteiger partial charge in [0.2, 0.25) is 5.91 Å². The van der Waals surface area contributed by atoms with Crippen molar-refractivity contribution in [2.24, 2.45) is 0 Å². The summed E-state index contributed by atoms with van der Waals surface area (Å²) in [5.41, 5.74) is 3.08. The molecule has 1 atom stereocenters. The molecule has 3 N–H and O–H groups in total. The van der Waals surface area contributed by atoms with E-state index in [4.69, 9.17) is 4.74 Å². The van der Waals surface area contributed by atoms with Crippen LogP contribution in [0.15, 0.2) is 89.7 Å². The number of pyridine rings is 1. The molecule has 3 amide bonds. The van der Waals surface area contributed by atoms with Gasteiger partial charge in [-0.05, 0) is 93.1 Å². The summed E-state index contributed by atoms with van der Waals surface area (Å²) in [7, 11) is 0. The average Bonchev–Trinajstić information content (AvgIpc) is 3.25. The molecule has 0 aliphatic heterocycles. The van der Waals surface area contributed by atoms with Crippen LogP contribution >= 0.6 is 23.1 Å². The number of benzene rings is 2. The summed E-state index contributed by atoms with van der Waals surface area (Å²) in [4.78, 5) is 58.7. The lowest BCUT2D eigenvalue weighted by atomic mass is 10.1. The van der Waals surface area contributed by atoms with Crippen LogP contribution in [0, 0.1) is 0 Å². The Hall–Kier alpha value is -4.74. The molecule has 2 heterocycles. The van der Waals surface area contributed by atoms with Gasteiger partial charge in [-0.1, -0.05) is 36.8 Å². The number of carbonyl (C=O) groups is 4. The number of hydrogen-bond acceptors (Lipinski definition) is 8. The van der Waals surface area contributed by atoms with Gasteiger partial charge in [0.05, 0.1) is 17.4 Å². The molecule has 0 saturated heterocycles. The maximum absolute atomic E-state index is 13.4. The molecule has 5 rings (SSSR count). The second-order valence-corrected chi connectivity index (χ2v) is 13.4. The molecule has 2 aromatic carbocycles. The zero-order valence-corrected chi connectivity index (χ0v) is 27.8. The topological polar surface area (TPSA) is 126 Å². The Morgan fingerprint density at radius 3 is 2.55 bits per heavy atom. The summed E-state index contributed by atoms with van der Waals surface area (Å²) in [6.07, 6.45) is 9.64. The zero-order valence-electron chi connectivity index (χ0n) is 26.2. The summed E-state index contributed by atoms with van der Waals surface area (Å²) >= 11 is 2.79. The van der Waals surface area contributed by atoms with E-state index in [9.17, 15) is 19.2 Å². The Bertz CT molecular complexity index is 1770. The highest BCUT2D eigenvalue weighted by atomic mass is 32.2. The minimum Gasteiger partial charge on any atom is -0.462 e. The van der Waals surface area contributed by atoms with Crippen molar-refractivity contribution in [2.45, 2.75) is 56.1 Å². The fourth-order valence-electron chi connectivity index (χ4n) is 5.14. The van der Waals surface area contributed by atoms with Crippen LogP contribution in [0.2, 0.25) is 0 Å². The van der Waals surface area contributed by atoms with Gasteiger partial charge in [-0.15, -0.1) is 23.1 Å². The Kier molecular flexibility index (Phi) is 11.6. The molecule has 1 aliphatic rings. The molecule has 0 spiro atoms. The van der Waals surface area contributed by atoms with Crippen molar-refractivity contribution in [3.05, 3.63) is 112 Å². The first-order valence-electron chi connectivity index (χ1n) is 15.5. The molecule has 0 radical (unpaired) electrons. The van der Waals surface area contributed by atoms with Crippen molar-refractivity contribution in [2.75, 3.05) is 17.2 Å². The smallest absolute Gasteiger partial charge is 0.341 e. The van der Waals surface area contributed by atoms with E-state index in [1.165, 1.54) is 23.1 Å². The summed E-state index contributed by atoms with van der Waals surface area (Å²) < 4.78 is 5.36. The number of thioether (sulfide) groups is 1. The van der Waals surface area contributed by atoms with Gasteiger partial charge in [0.15, 0.2) is 0 Å². The average molecular weight is 669 g/mol. The van der Waals surface area contributed by atoms with Gasteiger partial charge in [0, 0.05) is 33.4 Å². The fraction of sp³-hybridized carbons (Fsp3) is 0.250. The molecule has 1 aliphatic carbocycles. The van der Waals surface area contributed by atoms with Crippen LogP contribution in [0.1, 0.15) is 69.8 Å². The lowest BCUT2D eigenvalue weighted by Crippen LogP contribution is -2.30. The maximum atomic E-state index is 13.4. The molecular weight excluding hydrogens is 633 g/mol. The van der Waals surface area contributed by atoms with E-state index in [-0.39, 0.29) is 18.2 Å². The number of amides is 3. The van der Waals surface area contributed by atoms with Gasteiger partial charge in [-0.2, -0.15) is 0 Å². The normalized spacial score (nSPS) is 13.4. The van der Waals surface area contributed by atoms with Crippen molar-refractivity contribution in [3.63, 3.8) is 0 Å². The second kappa shape index (κ2) is 16.2. The first kappa shape index (κ1) is 33.6. The molecular formula is C36H36N4O5S2. The van der Waals surface area contributed by atoms with Crippen molar-refractivity contribution < 1.29 is 23.9 Å². The van der Waals surface area contributed by atoms with E-state index < -0.39 is 23.0 Å². The highest BCUT2D eigenvalue weighted by Crippen LogP contribution is 2.38. The third-order valence-electron chi connectivity index (χ3n) is 7.44. The van der Waals surface area contributed by atoms with Crippen LogP contribution in [0.3, 0.4) is 0 Å². The Labute approximate surface area is 282 Å². The van der Waals surface area contributed by atoms with E-state index in [1.54, 1.807) is 86.9 Å². The first-order chi connectivity index (χ1) is 22.8. The predicted molar refractivity (Wildman–Crippen MR) is 187 cm³/mol. The molecule has 2 aromatic heterocycles. The number of esters is 1. The third-order valence-corrected chi connectivity index (χ3v) is 9.74. The van der Waals surface area contributed by atoms with Crippen molar-refractivity contribution in [1.82, 2.24) is 10.3 Å². The van der Waals surface area contributed by atoms with Gasteiger partial charge in [0.1, 0.15) is 10.7 Å². The van der Waals surface area contributed by atoms with Crippen molar-refractivity contribution >= 4 is 63.6 Å². The van der Waals surface area contributed by atoms with Crippen LogP contribution in [-0.2, 0) is 27.2 Å². The standard InChI is InChI=1S/C36H36N4O5S2/c1-3-45-36(44)31-28-17-8-5-9-18-30(28)47-35(31)40-32(41)23(2)46-27-16-10-15-26(21-27)38-34(43)29(20-24-12-11-19-37-22-24)39-33(42)25-13-6-4-7-14-25/h4,6-7,10-16,19-23H,3,5,8-9,17-18H2,1-2H3,(H,38,43)(H,39,42)(H,40,41)/b29-20-. The van der Waals surface area contributed by atoms with E-state index in [2.05, 4.69) is 20.9 Å². The van der Waals surface area contributed by atoms with Crippen molar-refractivity contribution in [3.8, 4) is 0 Å². The summed E-state index contributed by atoms with van der Waals surface area (Å²) in [5, 5.41) is 8.61. The summed E-state index contributed by atoms with van der Waals surface area (Å²) in [5.74, 6) is -1.58. The largest absolute Gasteiger partial charge is 0.462 e. The maximum Gasteiger partial charge on any atom is 0.341 e. The summed E-state index contributed by atoms with van der Waals surface area (Å²) in [6, 6.07) is 19.3. The fourth-order valence-corrected chi connectivity index (χ4v) is 7.34. The van der Waals surface area contributed by atoms with Gasteiger partial charge in [0.25, 0.3) is 11.8 Å². The SMILES string of the molecule is CCOC(=O)c1c(NC(=O)C(C)Sc2cccc(NC(=O)/C(=C/c3cccnc3)NC(=O)c3ccccc3)c2)sc2c1CCCCC2. The van der Waals surface area contributed by atoms with E-state index in [1.807, 2.05) is 12.1 Å². The van der Waals surface area contributed by atoms with Gasteiger partial charge >= 0.3 is 5.97 Å². The number of thiophene rings is 1. The molecule has 0 saturated carbocycles. The third kappa shape index (κ3) is 8.96. The second-order valence-electron chi connectivity index (χ2n) is 10.9. The van der Waals surface area contributed by atoms with Gasteiger partial charge in [-0.25, -0.2) is 4.79 Å². The number of rotatable bonds is 11. The number of fused-ring (bicyclic) bond motifs is 1. The summed E-state index contributed by atoms with van der Waals surface area (Å²) in [6.45, 7) is 3.83. The van der Waals surface area contributed by atoms with Crippen LogP contribution in [0.25, 0.3) is 6.08 Å². The number of carbonyl (C=O) groups excluding carboxylic acids is 4. The van der Waals surface area contributed by atoms with E-state index >= 15 is 0 Å². The van der Waals surface area contributed by atoms with Crippen LogP contribution in [0.4, 0.5) is 10.7 Å². The van der Waals surface area contributed by atoms with Crippen molar-refractivity contribution in [1.29, 1.82) is 0 Å². The minimum absolute atomic E-state index is 0.0457. The molecule has 47 heavy (non-hydrogen) atoms. The highest BCUT2D eigenvalue weighted by molar-refractivity contribution is 8.00. The molecule has 11 heteroatoms. The molecule has 242 valence electrons. The lowest BCUT2D eigenvalue weighted by molar-refractivity contribution is -0.115. The minimum atomic E-state index is -0.518. The predicted octanol–water partition coefficient (Wildman–Crippen LogP) is 7.12. The molecule has 0 fully saturated rings. The highest BCUT2D eigenvalue weighted by Gasteiger charge is 2.28. The number of aromatic nitrogens is 1. The van der Waals surface area contributed by atoms with Crippen LogP contribution < -0.4 is 16.0 Å². The number of aryl methyl sites for hydroxylation is 1. The number of hydrogen-bond donors (Lipinski definition) is 3. The first-order valence-corrected chi connectivity index (χ1v) is 17.2. The lowest BCUT2D eigenvalue weighted by Gasteiger charge is -2.14. The zero-order chi connectivity index (χ0) is 33.2. The Morgan fingerprint density at radius 2 is 1.79 bits per heavy atom. The van der Waals surface area contributed by atoms with Crippen LogP contribution in [-0.4, -0.2) is 40.5 Å². The number of ether oxygens (including phenoxy) is 1. The van der Waals surface area contributed by atoms with Gasteiger partial charge < -0.3 is 20.7 Å². The molecule has 0 bridgehead atoms. The Balaban J connectivity index is 1.28. The molecule has 9 nitrogen and oxygen atoms in total. The number of anilines is 2. The number of nitrogens with zero attached hydrogens (tertiary/aromatic N) is 1. The van der Waals surface area contributed by atoms with Gasteiger partial charge in [-0.3, -0.25) is 19.4 Å². The number of nitrogens with one attached hydrogen (secondary N) is 3.